The van der Waals surface area contributed by atoms with Gasteiger partial charge in [-0.2, -0.15) is 0 Å². The van der Waals surface area contributed by atoms with Crippen molar-refractivity contribution in [3.8, 4) is 0 Å². The maximum atomic E-state index is 13.2. The highest BCUT2D eigenvalue weighted by molar-refractivity contribution is 5.95. The van der Waals surface area contributed by atoms with Gasteiger partial charge in [-0.1, -0.05) is 43.7 Å². The summed E-state index contributed by atoms with van der Waals surface area (Å²) in [5.41, 5.74) is 0.679. The molecular weight excluding hydrogens is 506 g/mol. The molecule has 0 aromatic carbocycles. The fourth-order valence-corrected chi connectivity index (χ4v) is 4.65. The van der Waals surface area contributed by atoms with Gasteiger partial charge in [-0.05, 0) is 25.8 Å². The van der Waals surface area contributed by atoms with E-state index in [0.717, 1.165) is 6.26 Å². The molecule has 2 aliphatic rings. The lowest BCUT2D eigenvalue weighted by molar-refractivity contribution is -0.159. The largest absolute Gasteiger partial charge is 0.460 e. The van der Waals surface area contributed by atoms with Crippen LogP contribution >= 0.6 is 0 Å². The van der Waals surface area contributed by atoms with E-state index in [1.807, 2.05) is 0 Å². The summed E-state index contributed by atoms with van der Waals surface area (Å²) in [6, 6.07) is -0.842. The number of oxazole rings is 1. The predicted molar refractivity (Wildman–Crippen MR) is 140 cm³/mol. The number of esters is 1. The Balaban J connectivity index is 1.87. The van der Waals surface area contributed by atoms with E-state index in [2.05, 4.69) is 10.3 Å². The van der Waals surface area contributed by atoms with Crippen LogP contribution in [0.15, 0.2) is 46.6 Å². The van der Waals surface area contributed by atoms with Crippen LogP contribution in [0.4, 0.5) is 0 Å². The quantitative estimate of drug-likeness (QED) is 0.470. The van der Waals surface area contributed by atoms with E-state index < -0.39 is 42.0 Å². The third kappa shape index (κ3) is 8.46. The maximum absolute atomic E-state index is 13.2. The molecule has 11 nitrogen and oxygen atoms in total. The fraction of sp³-hybridized carbons (Fsp3) is 0.536. The number of hydrogen-bond acceptors (Lipinski definition) is 9. The molecule has 0 spiro atoms. The van der Waals surface area contributed by atoms with Gasteiger partial charge in [0.25, 0.3) is 5.91 Å². The minimum Gasteiger partial charge on any atom is -0.460 e. The highest BCUT2D eigenvalue weighted by Crippen LogP contribution is 2.25. The second-order valence-electron chi connectivity index (χ2n) is 10.1. The SMILES string of the molecule is CC1=C\[C@@H](O)CC(=O)Cc2nc(co2)C(=O)N2CCC[C@@H]2C(=O)O[C@H](C(C)CO)[C@H](C)/C=C/C(=O)NC\C=C\1. The topological polar surface area (TPSA) is 159 Å². The first-order valence-electron chi connectivity index (χ1n) is 13.2. The standard InChI is InChI=1S/C28H37N3O8/c1-17-6-4-10-29-24(35)9-8-18(2)26(19(3)15-32)39-28(37)23-7-5-11-31(23)27(36)22-16-38-25(30-22)14-21(34)13-20(33)12-17/h4,6,8-9,12,16,18-20,23,26,32-33H,5,7,10-11,13-15H2,1-3H3,(H,29,35)/b6-4+,9-8+,17-12+/t18-,19?,20-,23-,26+/m1/s1. The number of nitrogens with zero attached hydrogens (tertiary/aromatic N) is 2. The van der Waals surface area contributed by atoms with Crippen LogP contribution in [-0.4, -0.2) is 81.6 Å². The molecule has 11 heteroatoms. The molecule has 1 unspecified atom stereocenters. The molecule has 2 aliphatic heterocycles. The summed E-state index contributed by atoms with van der Waals surface area (Å²) >= 11 is 0. The smallest absolute Gasteiger partial charge is 0.329 e. The highest BCUT2D eigenvalue weighted by atomic mass is 16.5. The van der Waals surface area contributed by atoms with Crippen LogP contribution in [0.3, 0.4) is 0 Å². The van der Waals surface area contributed by atoms with Crippen molar-refractivity contribution in [3.63, 3.8) is 0 Å². The third-order valence-electron chi connectivity index (χ3n) is 6.74. The van der Waals surface area contributed by atoms with E-state index in [-0.39, 0.29) is 49.3 Å². The number of fused-ring (bicyclic) bond motifs is 3. The summed E-state index contributed by atoms with van der Waals surface area (Å²) in [6.45, 7) is 5.61. The van der Waals surface area contributed by atoms with Crippen LogP contribution in [0.2, 0.25) is 0 Å². The Hall–Kier alpha value is -3.57. The Kier molecular flexibility index (Phi) is 10.8. The van der Waals surface area contributed by atoms with Crippen LogP contribution < -0.4 is 5.32 Å². The lowest BCUT2D eigenvalue weighted by Gasteiger charge is -2.30. The predicted octanol–water partition coefficient (Wildman–Crippen LogP) is 1.51. The lowest BCUT2D eigenvalue weighted by atomic mass is 9.93. The van der Waals surface area contributed by atoms with Crippen molar-refractivity contribution in [1.82, 2.24) is 15.2 Å². The molecule has 2 bridgehead atoms. The number of rotatable bonds is 2. The summed E-state index contributed by atoms with van der Waals surface area (Å²) in [5.74, 6) is -2.56. The van der Waals surface area contributed by atoms with E-state index in [1.54, 1.807) is 39.0 Å². The monoisotopic (exact) mass is 543 g/mol. The highest BCUT2D eigenvalue weighted by Gasteiger charge is 2.39. The fourth-order valence-electron chi connectivity index (χ4n) is 4.65. The van der Waals surface area contributed by atoms with Crippen molar-refractivity contribution in [1.29, 1.82) is 0 Å². The summed E-state index contributed by atoms with van der Waals surface area (Å²) in [5, 5.41) is 22.7. The van der Waals surface area contributed by atoms with Crippen molar-refractivity contribution in [2.45, 2.75) is 64.7 Å². The molecule has 1 fully saturated rings. The first-order chi connectivity index (χ1) is 18.6. The molecule has 1 aromatic heterocycles. The molecule has 0 radical (unpaired) electrons. The number of aliphatic hydroxyl groups is 2. The maximum Gasteiger partial charge on any atom is 0.329 e. The molecule has 1 aromatic rings. The Morgan fingerprint density at radius 3 is 2.74 bits per heavy atom. The number of hydrogen-bond donors (Lipinski definition) is 3. The number of allylic oxidation sites excluding steroid dienone is 2. The van der Waals surface area contributed by atoms with Crippen LogP contribution in [0.1, 0.15) is 56.4 Å². The van der Waals surface area contributed by atoms with Gasteiger partial charge >= 0.3 is 5.97 Å². The van der Waals surface area contributed by atoms with Gasteiger partial charge < -0.3 is 29.6 Å². The zero-order chi connectivity index (χ0) is 28.5. The minimum atomic E-state index is -1.02. The first kappa shape index (κ1) is 30.0. The molecule has 1 saturated heterocycles. The number of amides is 2. The van der Waals surface area contributed by atoms with Crippen LogP contribution in [0.5, 0.6) is 0 Å². The van der Waals surface area contributed by atoms with Crippen molar-refractivity contribution in [3.05, 3.63) is 53.8 Å². The Labute approximate surface area is 227 Å². The summed E-state index contributed by atoms with van der Waals surface area (Å²) in [7, 11) is 0. The van der Waals surface area contributed by atoms with Crippen molar-refractivity contribution in [2.75, 3.05) is 19.7 Å². The molecular formula is C28H37N3O8. The molecule has 0 saturated carbocycles. The molecule has 39 heavy (non-hydrogen) atoms. The van der Waals surface area contributed by atoms with Crippen LogP contribution in [-0.2, 0) is 25.5 Å². The number of Topliss-reactive ketones (excluding diaryl/α,β-unsaturated/α-hetero) is 1. The first-order valence-corrected chi connectivity index (χ1v) is 13.2. The van der Waals surface area contributed by atoms with Gasteiger partial charge in [-0.25, -0.2) is 9.78 Å². The number of nitrogens with one attached hydrogen (secondary N) is 1. The molecule has 3 heterocycles. The van der Waals surface area contributed by atoms with Gasteiger partial charge in [-0.15, -0.1) is 0 Å². The molecule has 3 N–H and O–H groups in total. The molecule has 212 valence electrons. The molecule has 2 amide bonds. The van der Waals surface area contributed by atoms with E-state index in [4.69, 9.17) is 9.15 Å². The molecule has 3 rings (SSSR count). The lowest BCUT2D eigenvalue weighted by Crippen LogP contribution is -2.44. The number of ketones is 1. The minimum absolute atomic E-state index is 0.0279. The van der Waals surface area contributed by atoms with E-state index in [0.29, 0.717) is 25.0 Å². The second-order valence-corrected chi connectivity index (χ2v) is 10.1. The van der Waals surface area contributed by atoms with Gasteiger partial charge in [0.15, 0.2) is 5.69 Å². The average molecular weight is 544 g/mol. The van der Waals surface area contributed by atoms with Gasteiger partial charge in [0.05, 0.1) is 12.5 Å². The summed E-state index contributed by atoms with van der Waals surface area (Å²) in [4.78, 5) is 56.6. The normalized spacial score (nSPS) is 30.0. The van der Waals surface area contributed by atoms with Crippen molar-refractivity contribution >= 4 is 23.6 Å². The van der Waals surface area contributed by atoms with E-state index in [1.165, 1.54) is 17.1 Å². The Morgan fingerprint density at radius 1 is 1.23 bits per heavy atom. The summed E-state index contributed by atoms with van der Waals surface area (Å²) in [6.07, 6.45) is 7.96. The van der Waals surface area contributed by atoms with Crippen LogP contribution in [0.25, 0.3) is 0 Å². The second kappa shape index (κ2) is 14.0. The Bertz CT molecular complexity index is 1140. The molecule has 5 atom stereocenters. The van der Waals surface area contributed by atoms with E-state index >= 15 is 0 Å². The van der Waals surface area contributed by atoms with Crippen molar-refractivity contribution < 1.29 is 38.5 Å². The number of ether oxygens (including phenoxy) is 1. The van der Waals surface area contributed by atoms with Gasteiger partial charge in [-0.3, -0.25) is 14.4 Å². The van der Waals surface area contributed by atoms with Crippen LogP contribution in [0, 0.1) is 11.8 Å². The Morgan fingerprint density at radius 2 is 2.00 bits per heavy atom. The van der Waals surface area contributed by atoms with Crippen molar-refractivity contribution in [2.24, 2.45) is 11.8 Å². The van der Waals surface area contributed by atoms with Gasteiger partial charge in [0.2, 0.25) is 11.8 Å². The number of aliphatic hydroxyl groups excluding tert-OH is 2. The third-order valence-corrected chi connectivity index (χ3v) is 6.74. The van der Waals surface area contributed by atoms with Gasteiger partial charge in [0, 0.05) is 38.0 Å². The van der Waals surface area contributed by atoms with Gasteiger partial charge in [0.1, 0.15) is 24.2 Å². The average Bonchev–Trinajstić information content (AvgIpc) is 3.57. The number of carbonyl (C=O) groups is 4. The number of aromatic nitrogens is 1. The van der Waals surface area contributed by atoms with E-state index in [9.17, 15) is 29.4 Å². The zero-order valence-corrected chi connectivity index (χ0v) is 22.5. The molecule has 0 aliphatic carbocycles. The number of carbonyl (C=O) groups excluding carboxylic acids is 4. The number of cyclic esters (lactones) is 1. The summed E-state index contributed by atoms with van der Waals surface area (Å²) < 4.78 is 11.1. The zero-order valence-electron chi connectivity index (χ0n) is 22.5.